The summed E-state index contributed by atoms with van der Waals surface area (Å²) in [6, 6.07) is 3.16. The lowest BCUT2D eigenvalue weighted by atomic mass is 10.0. The highest BCUT2D eigenvalue weighted by Gasteiger charge is 2.23. The third-order valence-electron chi connectivity index (χ3n) is 4.46. The minimum atomic E-state index is -1.15. The Labute approximate surface area is 216 Å². The van der Waals surface area contributed by atoms with E-state index in [0.29, 0.717) is 12.0 Å². The molecule has 0 aliphatic carbocycles. The molecule has 0 aromatic heterocycles. The van der Waals surface area contributed by atoms with Gasteiger partial charge in [-0.05, 0) is 65.2 Å². The van der Waals surface area contributed by atoms with Gasteiger partial charge in [0.25, 0.3) is 0 Å². The first-order valence-electron chi connectivity index (χ1n) is 12.1. The standard InChI is InChI=1S/C25H37NO11/c1-7-8-11-32-23(29)35-17(6)14-26-19(22(27)28)12-18-9-10-20(36-24(30)33-15(2)3)21(13-18)37-25(31)34-16(4)5/h9-10,13,15-17,19,26H,7-8,11-12,14H2,1-6H3,(H,27,28)/t17?,19-/m0/s1. The van der Waals surface area contributed by atoms with Gasteiger partial charge in [0, 0.05) is 6.54 Å². The van der Waals surface area contributed by atoms with Gasteiger partial charge in [0.1, 0.15) is 12.1 Å². The molecule has 0 saturated carbocycles. The Balaban J connectivity index is 2.92. The average Bonchev–Trinajstić information content (AvgIpc) is 2.77. The van der Waals surface area contributed by atoms with Gasteiger partial charge < -0.3 is 38.8 Å². The number of hydrogen-bond donors (Lipinski definition) is 2. The van der Waals surface area contributed by atoms with E-state index in [4.69, 9.17) is 28.4 Å². The summed E-state index contributed by atoms with van der Waals surface area (Å²) < 4.78 is 30.3. The second-order valence-corrected chi connectivity index (χ2v) is 8.70. The van der Waals surface area contributed by atoms with Gasteiger partial charge in [-0.2, -0.15) is 0 Å². The summed E-state index contributed by atoms with van der Waals surface area (Å²) in [4.78, 5) is 47.5. The van der Waals surface area contributed by atoms with Crippen molar-refractivity contribution in [1.29, 1.82) is 0 Å². The summed E-state index contributed by atoms with van der Waals surface area (Å²) >= 11 is 0. The number of carboxylic acid groups (broad SMARTS) is 1. The largest absolute Gasteiger partial charge is 0.514 e. The van der Waals surface area contributed by atoms with E-state index >= 15 is 0 Å². The molecule has 1 aromatic carbocycles. The van der Waals surface area contributed by atoms with Crippen molar-refractivity contribution in [2.45, 2.75) is 85.2 Å². The van der Waals surface area contributed by atoms with Crippen molar-refractivity contribution < 1.29 is 52.7 Å². The Morgan fingerprint density at radius 1 is 0.865 bits per heavy atom. The molecule has 2 N–H and O–H groups in total. The van der Waals surface area contributed by atoms with Crippen molar-refractivity contribution in [3.8, 4) is 11.5 Å². The van der Waals surface area contributed by atoms with Gasteiger partial charge in [-0.3, -0.25) is 4.79 Å². The molecule has 2 atom stereocenters. The molecule has 0 aliphatic heterocycles. The summed E-state index contributed by atoms with van der Waals surface area (Å²) in [5.74, 6) is -1.42. The molecular formula is C25H37NO11. The van der Waals surface area contributed by atoms with Crippen LogP contribution < -0.4 is 14.8 Å². The summed E-state index contributed by atoms with van der Waals surface area (Å²) in [7, 11) is 0. The Hall–Kier alpha value is -3.54. The van der Waals surface area contributed by atoms with Crippen LogP contribution in [-0.4, -0.2) is 67.0 Å². The maximum absolute atomic E-state index is 12.1. The minimum Gasteiger partial charge on any atom is -0.480 e. The number of benzene rings is 1. The van der Waals surface area contributed by atoms with E-state index in [0.717, 1.165) is 6.42 Å². The number of rotatable bonds is 14. The fraction of sp³-hybridized carbons (Fsp3) is 0.600. The van der Waals surface area contributed by atoms with Gasteiger partial charge in [-0.1, -0.05) is 19.4 Å². The molecular weight excluding hydrogens is 490 g/mol. The molecule has 1 rings (SSSR count). The van der Waals surface area contributed by atoms with Gasteiger partial charge in [0.05, 0.1) is 18.8 Å². The molecule has 0 bridgehead atoms. The maximum Gasteiger partial charge on any atom is 0.514 e. The molecule has 0 amide bonds. The lowest BCUT2D eigenvalue weighted by molar-refractivity contribution is -0.139. The smallest absolute Gasteiger partial charge is 0.480 e. The number of unbranched alkanes of at least 4 members (excludes halogenated alkanes) is 1. The average molecular weight is 528 g/mol. The Morgan fingerprint density at radius 3 is 2.00 bits per heavy atom. The van der Waals surface area contributed by atoms with Gasteiger partial charge in [0.15, 0.2) is 11.5 Å². The van der Waals surface area contributed by atoms with Crippen LogP contribution in [0.3, 0.4) is 0 Å². The normalized spacial score (nSPS) is 12.4. The lowest BCUT2D eigenvalue weighted by Gasteiger charge is -2.19. The predicted molar refractivity (Wildman–Crippen MR) is 131 cm³/mol. The summed E-state index contributed by atoms with van der Waals surface area (Å²) in [5.41, 5.74) is 0.448. The van der Waals surface area contributed by atoms with Crippen LogP contribution in [0.2, 0.25) is 0 Å². The molecule has 0 saturated heterocycles. The highest BCUT2D eigenvalue weighted by atomic mass is 16.8. The van der Waals surface area contributed by atoms with Crippen LogP contribution >= 0.6 is 0 Å². The molecule has 0 heterocycles. The second-order valence-electron chi connectivity index (χ2n) is 8.70. The van der Waals surface area contributed by atoms with Crippen molar-refractivity contribution in [2.24, 2.45) is 0 Å². The van der Waals surface area contributed by atoms with E-state index in [-0.39, 0.29) is 31.1 Å². The van der Waals surface area contributed by atoms with Crippen molar-refractivity contribution in [3.63, 3.8) is 0 Å². The Kier molecular flexibility index (Phi) is 13.8. The molecule has 0 aliphatic rings. The lowest BCUT2D eigenvalue weighted by Crippen LogP contribution is -2.42. The fourth-order valence-electron chi connectivity index (χ4n) is 2.79. The van der Waals surface area contributed by atoms with Crippen LogP contribution in [0.1, 0.15) is 59.9 Å². The van der Waals surface area contributed by atoms with Gasteiger partial charge >= 0.3 is 24.4 Å². The van der Waals surface area contributed by atoms with E-state index in [2.05, 4.69) is 5.32 Å². The van der Waals surface area contributed by atoms with Crippen molar-refractivity contribution in [1.82, 2.24) is 5.32 Å². The minimum absolute atomic E-state index is 0.0324. The highest BCUT2D eigenvalue weighted by molar-refractivity contribution is 5.74. The van der Waals surface area contributed by atoms with E-state index < -0.39 is 48.8 Å². The summed E-state index contributed by atoms with van der Waals surface area (Å²) in [6.07, 6.45) is -2.85. The van der Waals surface area contributed by atoms with Gasteiger partial charge in [0.2, 0.25) is 0 Å². The first kappa shape index (κ1) is 31.5. The van der Waals surface area contributed by atoms with Crippen molar-refractivity contribution in [2.75, 3.05) is 13.2 Å². The van der Waals surface area contributed by atoms with Gasteiger partial charge in [-0.15, -0.1) is 0 Å². The van der Waals surface area contributed by atoms with Crippen molar-refractivity contribution >= 4 is 24.4 Å². The molecule has 1 aromatic rings. The fourth-order valence-corrected chi connectivity index (χ4v) is 2.79. The van der Waals surface area contributed by atoms with E-state index in [1.807, 2.05) is 6.92 Å². The third-order valence-corrected chi connectivity index (χ3v) is 4.46. The van der Waals surface area contributed by atoms with Crippen LogP contribution in [0.15, 0.2) is 18.2 Å². The zero-order valence-corrected chi connectivity index (χ0v) is 22.1. The monoisotopic (exact) mass is 527 g/mol. The third kappa shape index (κ3) is 13.4. The first-order chi connectivity index (χ1) is 17.4. The molecule has 1 unspecified atom stereocenters. The van der Waals surface area contributed by atoms with Crippen LogP contribution in [0.25, 0.3) is 0 Å². The SMILES string of the molecule is CCCCOC(=O)OC(C)CN[C@@H](Cc1ccc(OC(=O)OC(C)C)c(OC(=O)OC(C)C)c1)C(=O)O. The van der Waals surface area contributed by atoms with Crippen molar-refractivity contribution in [3.05, 3.63) is 23.8 Å². The maximum atomic E-state index is 12.1. The first-order valence-corrected chi connectivity index (χ1v) is 12.1. The Morgan fingerprint density at radius 2 is 1.46 bits per heavy atom. The number of carboxylic acids is 1. The van der Waals surface area contributed by atoms with Crippen LogP contribution in [0.4, 0.5) is 14.4 Å². The predicted octanol–water partition coefficient (Wildman–Crippen LogP) is 4.46. The molecule has 0 spiro atoms. The number of aliphatic carboxylic acids is 1. The Bertz CT molecular complexity index is 901. The summed E-state index contributed by atoms with van der Waals surface area (Å²) in [5, 5.41) is 12.5. The summed E-state index contributed by atoms with van der Waals surface area (Å²) in [6.45, 7) is 10.4. The second kappa shape index (κ2) is 16.3. The number of ether oxygens (including phenoxy) is 6. The molecule has 37 heavy (non-hydrogen) atoms. The molecule has 12 nitrogen and oxygen atoms in total. The quantitative estimate of drug-likeness (QED) is 0.152. The zero-order chi connectivity index (χ0) is 28.0. The van der Waals surface area contributed by atoms with E-state index in [1.165, 1.54) is 18.2 Å². The van der Waals surface area contributed by atoms with Crippen LogP contribution in [-0.2, 0) is 30.2 Å². The van der Waals surface area contributed by atoms with Gasteiger partial charge in [-0.25, -0.2) is 14.4 Å². The van der Waals surface area contributed by atoms with E-state index in [9.17, 15) is 24.3 Å². The molecule has 0 fully saturated rings. The highest BCUT2D eigenvalue weighted by Crippen LogP contribution is 2.30. The number of hydrogen-bond acceptors (Lipinski definition) is 11. The molecule has 12 heteroatoms. The number of nitrogens with one attached hydrogen (secondary N) is 1. The number of carbonyl (C=O) groups excluding carboxylic acids is 3. The zero-order valence-electron chi connectivity index (χ0n) is 22.1. The molecule has 208 valence electrons. The van der Waals surface area contributed by atoms with Crippen LogP contribution in [0, 0.1) is 0 Å². The van der Waals surface area contributed by atoms with E-state index in [1.54, 1.807) is 34.6 Å². The topological polar surface area (TPSA) is 156 Å². The molecule has 0 radical (unpaired) electrons. The van der Waals surface area contributed by atoms with Crippen LogP contribution in [0.5, 0.6) is 11.5 Å². The number of carbonyl (C=O) groups is 4.